The molecule has 1 fully saturated rings. The van der Waals surface area contributed by atoms with Gasteiger partial charge in [-0.15, -0.1) is 0 Å². The maximum atomic E-state index is 13.6. The van der Waals surface area contributed by atoms with Crippen LogP contribution in [0.4, 0.5) is 5.69 Å². The minimum atomic E-state index is -0.342. The summed E-state index contributed by atoms with van der Waals surface area (Å²) in [5.41, 5.74) is 1.99. The monoisotopic (exact) mass is 406 g/mol. The van der Waals surface area contributed by atoms with Crippen molar-refractivity contribution in [2.45, 2.75) is 19.8 Å². The predicted molar refractivity (Wildman–Crippen MR) is 115 cm³/mol. The second-order valence-corrected chi connectivity index (χ2v) is 7.76. The number of amides is 2. The molecule has 1 atom stereocenters. The van der Waals surface area contributed by atoms with E-state index in [1.54, 1.807) is 38.5 Å². The van der Waals surface area contributed by atoms with Crippen molar-refractivity contribution in [1.29, 1.82) is 0 Å². The third kappa shape index (κ3) is 3.43. The molecule has 0 aliphatic carbocycles. The second-order valence-electron chi connectivity index (χ2n) is 7.76. The molecule has 6 nitrogen and oxygen atoms in total. The van der Waals surface area contributed by atoms with Crippen LogP contribution in [-0.4, -0.2) is 44.0 Å². The Hall–Kier alpha value is -3.28. The summed E-state index contributed by atoms with van der Waals surface area (Å²) in [6.07, 6.45) is 2.11. The average molecular weight is 406 g/mol. The molecule has 1 saturated heterocycles. The molecule has 0 radical (unpaired) electrons. The van der Waals surface area contributed by atoms with Crippen LogP contribution in [0.1, 0.15) is 25.3 Å². The van der Waals surface area contributed by atoms with Crippen molar-refractivity contribution in [3.8, 4) is 11.5 Å². The van der Waals surface area contributed by atoms with Gasteiger partial charge in [0.1, 0.15) is 17.2 Å². The minimum absolute atomic E-state index is 0.303. The normalized spacial score (nSPS) is 19.5. The van der Waals surface area contributed by atoms with Gasteiger partial charge in [-0.25, -0.2) is 4.90 Å². The molecule has 2 amide bonds. The quantitative estimate of drug-likeness (QED) is 0.709. The largest absolute Gasteiger partial charge is 0.497 e. The SMILES string of the molecule is COc1cccc(N2C(=O)C(c3ccccc3OC)=C(N3CCCC(C)C3)C2=O)c1. The third-order valence-corrected chi connectivity index (χ3v) is 5.72. The fourth-order valence-electron chi connectivity index (χ4n) is 4.28. The van der Waals surface area contributed by atoms with Crippen LogP contribution in [0.15, 0.2) is 54.2 Å². The van der Waals surface area contributed by atoms with Crippen molar-refractivity contribution in [2.75, 3.05) is 32.2 Å². The van der Waals surface area contributed by atoms with Gasteiger partial charge in [0.15, 0.2) is 0 Å². The fraction of sp³-hybridized carbons (Fsp3) is 0.333. The maximum Gasteiger partial charge on any atom is 0.282 e. The van der Waals surface area contributed by atoms with Crippen LogP contribution in [0.25, 0.3) is 5.57 Å². The Bertz CT molecular complexity index is 1010. The molecule has 4 rings (SSSR count). The summed E-state index contributed by atoms with van der Waals surface area (Å²) < 4.78 is 10.8. The molecule has 156 valence electrons. The number of carbonyl (C=O) groups excluding carboxylic acids is 2. The third-order valence-electron chi connectivity index (χ3n) is 5.72. The van der Waals surface area contributed by atoms with E-state index in [1.807, 2.05) is 24.3 Å². The lowest BCUT2D eigenvalue weighted by Gasteiger charge is -2.33. The molecule has 0 saturated carbocycles. The number of hydrogen-bond acceptors (Lipinski definition) is 5. The van der Waals surface area contributed by atoms with Crippen molar-refractivity contribution in [2.24, 2.45) is 5.92 Å². The highest BCUT2D eigenvalue weighted by atomic mass is 16.5. The van der Waals surface area contributed by atoms with E-state index in [0.29, 0.717) is 39.9 Å². The van der Waals surface area contributed by atoms with E-state index in [9.17, 15) is 9.59 Å². The van der Waals surface area contributed by atoms with E-state index in [2.05, 4.69) is 11.8 Å². The van der Waals surface area contributed by atoms with Gasteiger partial charge >= 0.3 is 0 Å². The Balaban J connectivity index is 1.86. The van der Waals surface area contributed by atoms with E-state index >= 15 is 0 Å². The Morgan fingerprint density at radius 3 is 2.50 bits per heavy atom. The van der Waals surface area contributed by atoms with Gasteiger partial charge in [0.25, 0.3) is 11.8 Å². The number of hydrogen-bond donors (Lipinski definition) is 0. The average Bonchev–Trinajstić information content (AvgIpc) is 3.03. The molecule has 2 heterocycles. The number of para-hydroxylation sites is 1. The molecule has 2 aliphatic rings. The van der Waals surface area contributed by atoms with E-state index in [4.69, 9.17) is 9.47 Å². The van der Waals surface area contributed by atoms with Gasteiger partial charge in [0.05, 0.1) is 25.5 Å². The standard InChI is InChI=1S/C24H26N2O4/c1-16-8-7-13-25(15-16)22-21(19-11-4-5-12-20(19)30-3)23(27)26(24(22)28)17-9-6-10-18(14-17)29-2/h4-6,9-12,14,16H,7-8,13,15H2,1-3H3. The van der Waals surface area contributed by atoms with E-state index in [-0.39, 0.29) is 11.8 Å². The number of piperidine rings is 1. The van der Waals surface area contributed by atoms with Crippen LogP contribution in [0.3, 0.4) is 0 Å². The molecule has 1 unspecified atom stereocenters. The summed E-state index contributed by atoms with van der Waals surface area (Å²) in [5, 5.41) is 0. The fourth-order valence-corrected chi connectivity index (χ4v) is 4.28. The highest BCUT2D eigenvalue weighted by Gasteiger charge is 2.44. The smallest absolute Gasteiger partial charge is 0.282 e. The lowest BCUT2D eigenvalue weighted by molar-refractivity contribution is -0.120. The summed E-state index contributed by atoms with van der Waals surface area (Å²) in [6, 6.07) is 14.4. The van der Waals surface area contributed by atoms with Gasteiger partial charge in [-0.2, -0.15) is 0 Å². The number of ether oxygens (including phenoxy) is 2. The number of methoxy groups -OCH3 is 2. The van der Waals surface area contributed by atoms with Crippen LogP contribution in [0, 0.1) is 5.92 Å². The molecule has 2 aliphatic heterocycles. The van der Waals surface area contributed by atoms with Gasteiger partial charge in [0, 0.05) is 24.7 Å². The van der Waals surface area contributed by atoms with Crippen molar-refractivity contribution in [3.63, 3.8) is 0 Å². The van der Waals surface area contributed by atoms with Crippen LogP contribution < -0.4 is 14.4 Å². The summed E-state index contributed by atoms with van der Waals surface area (Å²) in [4.78, 5) is 30.6. The van der Waals surface area contributed by atoms with Crippen molar-refractivity contribution in [3.05, 3.63) is 59.8 Å². The second kappa shape index (κ2) is 8.22. The van der Waals surface area contributed by atoms with Crippen LogP contribution in [-0.2, 0) is 9.59 Å². The zero-order valence-electron chi connectivity index (χ0n) is 17.6. The number of imide groups is 1. The van der Waals surface area contributed by atoms with Crippen molar-refractivity contribution >= 4 is 23.1 Å². The first kappa shape index (κ1) is 20.0. The number of anilines is 1. The predicted octanol–water partition coefficient (Wildman–Crippen LogP) is 3.72. The Kier molecular flexibility index (Phi) is 5.48. The first-order valence-corrected chi connectivity index (χ1v) is 10.2. The first-order valence-electron chi connectivity index (χ1n) is 10.2. The summed E-state index contributed by atoms with van der Waals surface area (Å²) in [6.45, 7) is 3.68. The zero-order valence-corrected chi connectivity index (χ0v) is 17.6. The summed E-state index contributed by atoms with van der Waals surface area (Å²) in [5.74, 6) is 0.976. The number of carbonyl (C=O) groups is 2. The molecule has 2 aromatic rings. The number of rotatable bonds is 5. The van der Waals surface area contributed by atoms with Crippen LogP contribution in [0.2, 0.25) is 0 Å². The highest BCUT2D eigenvalue weighted by molar-refractivity contribution is 6.45. The van der Waals surface area contributed by atoms with Crippen molar-refractivity contribution < 1.29 is 19.1 Å². The number of benzene rings is 2. The Morgan fingerprint density at radius 2 is 1.77 bits per heavy atom. The van der Waals surface area contributed by atoms with Crippen LogP contribution in [0.5, 0.6) is 11.5 Å². The molecule has 0 N–H and O–H groups in total. The minimum Gasteiger partial charge on any atom is -0.497 e. The lowest BCUT2D eigenvalue weighted by Crippen LogP contribution is -2.39. The van der Waals surface area contributed by atoms with E-state index in [1.165, 1.54) is 4.90 Å². The number of likely N-dealkylation sites (tertiary alicyclic amines) is 1. The Morgan fingerprint density at radius 1 is 0.967 bits per heavy atom. The zero-order chi connectivity index (χ0) is 21.3. The highest BCUT2D eigenvalue weighted by Crippen LogP contribution is 2.39. The van der Waals surface area contributed by atoms with E-state index in [0.717, 1.165) is 25.9 Å². The molecule has 0 bridgehead atoms. The number of nitrogens with zero attached hydrogens (tertiary/aromatic N) is 2. The topological polar surface area (TPSA) is 59.1 Å². The lowest BCUT2D eigenvalue weighted by atomic mass is 9.97. The van der Waals surface area contributed by atoms with Gasteiger partial charge in [-0.05, 0) is 37.0 Å². The van der Waals surface area contributed by atoms with E-state index < -0.39 is 0 Å². The van der Waals surface area contributed by atoms with Gasteiger partial charge in [0.2, 0.25) is 0 Å². The molecule has 6 heteroatoms. The Labute approximate surface area is 176 Å². The summed E-state index contributed by atoms with van der Waals surface area (Å²) >= 11 is 0. The summed E-state index contributed by atoms with van der Waals surface area (Å²) in [7, 11) is 3.13. The molecule has 0 spiro atoms. The van der Waals surface area contributed by atoms with Crippen molar-refractivity contribution in [1.82, 2.24) is 4.90 Å². The van der Waals surface area contributed by atoms with Gasteiger partial charge < -0.3 is 14.4 Å². The molecule has 0 aromatic heterocycles. The first-order chi connectivity index (χ1) is 14.5. The molecular formula is C24H26N2O4. The molecular weight excluding hydrogens is 380 g/mol. The van der Waals surface area contributed by atoms with Gasteiger partial charge in [-0.3, -0.25) is 9.59 Å². The van der Waals surface area contributed by atoms with Crippen LogP contribution >= 0.6 is 0 Å². The maximum absolute atomic E-state index is 13.6. The molecule has 2 aromatic carbocycles. The van der Waals surface area contributed by atoms with Gasteiger partial charge in [-0.1, -0.05) is 31.2 Å². The molecule has 30 heavy (non-hydrogen) atoms.